The maximum Gasteiger partial charge on any atom is 0.197 e. The van der Waals surface area contributed by atoms with Gasteiger partial charge in [0.1, 0.15) is 17.2 Å². The molecule has 0 saturated carbocycles. The first-order chi connectivity index (χ1) is 9.65. The SMILES string of the molecule is COc1cc2c(c(OC)c1)C(=O)c1cccc(O)c1C2. The average molecular weight is 270 g/mol. The van der Waals surface area contributed by atoms with E-state index < -0.39 is 0 Å². The molecule has 0 aliphatic heterocycles. The van der Waals surface area contributed by atoms with Crippen LogP contribution in [0.5, 0.6) is 17.2 Å². The van der Waals surface area contributed by atoms with Gasteiger partial charge in [-0.2, -0.15) is 0 Å². The van der Waals surface area contributed by atoms with E-state index >= 15 is 0 Å². The fraction of sp³-hybridized carbons (Fsp3) is 0.188. The third-order valence-corrected chi connectivity index (χ3v) is 3.60. The molecule has 4 heteroatoms. The van der Waals surface area contributed by atoms with Gasteiger partial charge in [0.25, 0.3) is 0 Å². The summed E-state index contributed by atoms with van der Waals surface area (Å²) in [5, 5.41) is 9.94. The van der Waals surface area contributed by atoms with Crippen molar-refractivity contribution in [2.24, 2.45) is 0 Å². The van der Waals surface area contributed by atoms with Gasteiger partial charge in [-0.25, -0.2) is 0 Å². The fourth-order valence-corrected chi connectivity index (χ4v) is 2.62. The molecule has 1 aliphatic carbocycles. The number of aromatic hydroxyl groups is 1. The zero-order valence-corrected chi connectivity index (χ0v) is 11.3. The van der Waals surface area contributed by atoms with E-state index in [0.717, 1.165) is 5.56 Å². The molecule has 2 aromatic carbocycles. The maximum atomic E-state index is 12.6. The molecule has 0 aromatic heterocycles. The number of ether oxygens (including phenoxy) is 2. The average Bonchev–Trinajstić information content (AvgIpc) is 2.47. The molecule has 0 atom stereocenters. The number of carbonyl (C=O) groups excluding carboxylic acids is 1. The van der Waals surface area contributed by atoms with Gasteiger partial charge in [-0.05, 0) is 17.7 Å². The minimum absolute atomic E-state index is 0.128. The summed E-state index contributed by atoms with van der Waals surface area (Å²) in [7, 11) is 3.09. The van der Waals surface area contributed by atoms with Gasteiger partial charge in [-0.15, -0.1) is 0 Å². The molecule has 0 spiro atoms. The molecular formula is C16H14O4. The van der Waals surface area contributed by atoms with Gasteiger partial charge in [0, 0.05) is 23.6 Å². The summed E-state index contributed by atoms with van der Waals surface area (Å²) in [5.41, 5.74) is 2.54. The van der Waals surface area contributed by atoms with Crippen molar-refractivity contribution < 1.29 is 19.4 Å². The van der Waals surface area contributed by atoms with Gasteiger partial charge in [0.15, 0.2) is 5.78 Å². The van der Waals surface area contributed by atoms with E-state index in [1.165, 1.54) is 7.11 Å². The number of rotatable bonds is 2. The molecule has 3 rings (SSSR count). The highest BCUT2D eigenvalue weighted by Crippen LogP contribution is 2.38. The molecule has 102 valence electrons. The summed E-state index contributed by atoms with van der Waals surface area (Å²) < 4.78 is 10.5. The Kier molecular flexibility index (Phi) is 2.86. The lowest BCUT2D eigenvalue weighted by atomic mass is 9.84. The van der Waals surface area contributed by atoms with Crippen LogP contribution in [0.15, 0.2) is 30.3 Å². The molecule has 1 N–H and O–H groups in total. The Balaban J connectivity index is 2.24. The predicted molar refractivity (Wildman–Crippen MR) is 73.9 cm³/mol. The second-order valence-electron chi connectivity index (χ2n) is 4.67. The van der Waals surface area contributed by atoms with E-state index in [1.807, 2.05) is 6.07 Å². The smallest absolute Gasteiger partial charge is 0.197 e. The lowest BCUT2D eigenvalue weighted by molar-refractivity contribution is 0.103. The molecule has 0 heterocycles. The monoisotopic (exact) mass is 270 g/mol. The van der Waals surface area contributed by atoms with E-state index in [1.54, 1.807) is 31.4 Å². The molecule has 0 amide bonds. The largest absolute Gasteiger partial charge is 0.508 e. The van der Waals surface area contributed by atoms with E-state index in [9.17, 15) is 9.90 Å². The molecule has 20 heavy (non-hydrogen) atoms. The van der Waals surface area contributed by atoms with Crippen LogP contribution in [0.25, 0.3) is 0 Å². The Hall–Kier alpha value is -2.49. The Bertz CT molecular complexity index is 704. The second-order valence-corrected chi connectivity index (χ2v) is 4.67. The number of hydrogen-bond acceptors (Lipinski definition) is 4. The topological polar surface area (TPSA) is 55.8 Å². The highest BCUT2D eigenvalue weighted by atomic mass is 16.5. The van der Waals surface area contributed by atoms with Crippen molar-refractivity contribution in [1.82, 2.24) is 0 Å². The third kappa shape index (κ3) is 1.72. The van der Waals surface area contributed by atoms with Crippen molar-refractivity contribution in [3.05, 3.63) is 52.6 Å². The van der Waals surface area contributed by atoms with Gasteiger partial charge < -0.3 is 14.6 Å². The predicted octanol–water partition coefficient (Wildman–Crippen LogP) is 2.54. The normalized spacial score (nSPS) is 12.6. The van der Waals surface area contributed by atoms with Crippen molar-refractivity contribution in [2.75, 3.05) is 14.2 Å². The molecule has 4 nitrogen and oxygen atoms in total. The van der Waals surface area contributed by atoms with Crippen LogP contribution >= 0.6 is 0 Å². The Labute approximate surface area is 116 Å². The highest BCUT2D eigenvalue weighted by molar-refractivity contribution is 6.14. The number of methoxy groups -OCH3 is 2. The molecular weight excluding hydrogens is 256 g/mol. The maximum absolute atomic E-state index is 12.6. The van der Waals surface area contributed by atoms with E-state index in [2.05, 4.69) is 0 Å². The highest BCUT2D eigenvalue weighted by Gasteiger charge is 2.28. The first kappa shape index (κ1) is 12.5. The lowest BCUT2D eigenvalue weighted by Gasteiger charge is -2.22. The number of ketones is 1. The Morgan fingerprint density at radius 1 is 1.15 bits per heavy atom. The molecule has 0 radical (unpaired) electrons. The van der Waals surface area contributed by atoms with Crippen molar-refractivity contribution in [2.45, 2.75) is 6.42 Å². The van der Waals surface area contributed by atoms with Gasteiger partial charge in [-0.1, -0.05) is 12.1 Å². The molecule has 1 aliphatic rings. The number of phenols is 1. The van der Waals surface area contributed by atoms with Crippen LogP contribution in [0.4, 0.5) is 0 Å². The van der Waals surface area contributed by atoms with Crippen molar-refractivity contribution in [3.63, 3.8) is 0 Å². The minimum atomic E-state index is -0.128. The summed E-state index contributed by atoms with van der Waals surface area (Å²) in [5.74, 6) is 1.14. The van der Waals surface area contributed by atoms with Crippen LogP contribution in [-0.2, 0) is 6.42 Å². The van der Waals surface area contributed by atoms with Crippen LogP contribution in [0.1, 0.15) is 27.0 Å². The molecule has 0 fully saturated rings. The van der Waals surface area contributed by atoms with Crippen LogP contribution < -0.4 is 9.47 Å². The Morgan fingerprint density at radius 3 is 2.65 bits per heavy atom. The standard InChI is InChI=1S/C16H14O4/c1-19-10-6-9-7-12-11(4-3-5-13(12)17)16(18)15(9)14(8-10)20-2/h3-6,8,17H,7H2,1-2H3. The second kappa shape index (κ2) is 4.56. The lowest BCUT2D eigenvalue weighted by Crippen LogP contribution is -2.16. The molecule has 0 saturated heterocycles. The number of benzene rings is 2. The summed E-state index contributed by atoms with van der Waals surface area (Å²) in [6.45, 7) is 0. The van der Waals surface area contributed by atoms with Crippen LogP contribution in [-0.4, -0.2) is 25.1 Å². The van der Waals surface area contributed by atoms with Crippen molar-refractivity contribution in [3.8, 4) is 17.2 Å². The fourth-order valence-electron chi connectivity index (χ4n) is 2.62. The number of hydrogen-bond donors (Lipinski definition) is 1. The molecule has 0 bridgehead atoms. The zero-order valence-electron chi connectivity index (χ0n) is 11.3. The number of fused-ring (bicyclic) bond motifs is 2. The van der Waals surface area contributed by atoms with Gasteiger partial charge in [0.05, 0.1) is 19.8 Å². The van der Waals surface area contributed by atoms with Crippen molar-refractivity contribution in [1.29, 1.82) is 0 Å². The molecule has 2 aromatic rings. The third-order valence-electron chi connectivity index (χ3n) is 3.60. The van der Waals surface area contributed by atoms with E-state index in [4.69, 9.17) is 9.47 Å². The van der Waals surface area contributed by atoms with Gasteiger partial charge in [-0.3, -0.25) is 4.79 Å². The van der Waals surface area contributed by atoms with Crippen LogP contribution in [0.3, 0.4) is 0 Å². The summed E-state index contributed by atoms with van der Waals surface area (Å²) in [6.07, 6.45) is 0.483. The van der Waals surface area contributed by atoms with E-state index in [0.29, 0.717) is 34.6 Å². The van der Waals surface area contributed by atoms with Crippen LogP contribution in [0, 0.1) is 0 Å². The zero-order chi connectivity index (χ0) is 14.3. The van der Waals surface area contributed by atoms with Crippen molar-refractivity contribution >= 4 is 5.78 Å². The summed E-state index contributed by atoms with van der Waals surface area (Å²) >= 11 is 0. The first-order valence-electron chi connectivity index (χ1n) is 6.26. The summed E-state index contributed by atoms with van der Waals surface area (Å²) in [4.78, 5) is 12.6. The summed E-state index contributed by atoms with van der Waals surface area (Å²) in [6, 6.07) is 8.50. The number of carbonyl (C=O) groups is 1. The van der Waals surface area contributed by atoms with Gasteiger partial charge >= 0.3 is 0 Å². The van der Waals surface area contributed by atoms with Crippen LogP contribution in [0.2, 0.25) is 0 Å². The van der Waals surface area contributed by atoms with E-state index in [-0.39, 0.29) is 11.5 Å². The number of phenolic OH excluding ortho intramolecular Hbond substituents is 1. The molecule has 0 unspecified atom stereocenters. The van der Waals surface area contributed by atoms with Gasteiger partial charge in [0.2, 0.25) is 0 Å². The quantitative estimate of drug-likeness (QED) is 0.777. The minimum Gasteiger partial charge on any atom is -0.508 e. The Morgan fingerprint density at radius 2 is 1.95 bits per heavy atom. The first-order valence-corrected chi connectivity index (χ1v) is 6.26.